The van der Waals surface area contributed by atoms with E-state index >= 15 is 0 Å². The zero-order valence-corrected chi connectivity index (χ0v) is 20.0. The second-order valence-electron chi connectivity index (χ2n) is 8.08. The normalized spacial score (nSPS) is 11.4. The smallest absolute Gasteiger partial charge is 0.261 e. The van der Waals surface area contributed by atoms with Gasteiger partial charge < -0.3 is 19.7 Å². The molecule has 0 fully saturated rings. The Kier molecular flexibility index (Phi) is 9.09. The fourth-order valence-corrected chi connectivity index (χ4v) is 3.75. The lowest BCUT2D eigenvalue weighted by atomic mass is 10.0. The van der Waals surface area contributed by atoms with Crippen LogP contribution < -0.4 is 14.8 Å². The fraction of sp³-hybridized carbons (Fsp3) is 0.286. The highest BCUT2D eigenvalue weighted by molar-refractivity contribution is 5.88. The van der Waals surface area contributed by atoms with Gasteiger partial charge in [0.15, 0.2) is 6.61 Å². The molecule has 6 heteroatoms. The number of carbonyl (C=O) groups excluding carboxylic acids is 2. The molecule has 0 saturated heterocycles. The van der Waals surface area contributed by atoms with Gasteiger partial charge in [-0.05, 0) is 54.8 Å². The van der Waals surface area contributed by atoms with Crippen LogP contribution in [-0.2, 0) is 22.6 Å². The standard InChI is InChI=1S/C28H32N2O4/c1-4-29-28(32)26(18-22-11-6-5-7-12-22)30(19-23-13-9-14-24(17-23)33-3)27(31)20-34-25-15-8-10-21(2)16-25/h5-17,26H,4,18-20H2,1-3H3,(H,29,32)/t26-/m1/s1. The first-order valence-electron chi connectivity index (χ1n) is 11.4. The molecule has 3 aromatic rings. The highest BCUT2D eigenvalue weighted by Gasteiger charge is 2.30. The average molecular weight is 461 g/mol. The summed E-state index contributed by atoms with van der Waals surface area (Å²) in [6.45, 7) is 4.40. The molecule has 2 amide bonds. The summed E-state index contributed by atoms with van der Waals surface area (Å²) in [5.41, 5.74) is 2.88. The van der Waals surface area contributed by atoms with Crippen LogP contribution in [0.5, 0.6) is 11.5 Å². The van der Waals surface area contributed by atoms with E-state index in [1.807, 2.05) is 92.7 Å². The zero-order valence-electron chi connectivity index (χ0n) is 20.0. The van der Waals surface area contributed by atoms with E-state index < -0.39 is 6.04 Å². The highest BCUT2D eigenvalue weighted by atomic mass is 16.5. The van der Waals surface area contributed by atoms with Crippen molar-refractivity contribution in [1.82, 2.24) is 10.2 Å². The molecular formula is C28H32N2O4. The van der Waals surface area contributed by atoms with Crippen LogP contribution in [0, 0.1) is 6.92 Å². The summed E-state index contributed by atoms with van der Waals surface area (Å²) in [7, 11) is 1.60. The lowest BCUT2D eigenvalue weighted by Crippen LogP contribution is -2.51. The Balaban J connectivity index is 1.90. The molecule has 0 radical (unpaired) electrons. The highest BCUT2D eigenvalue weighted by Crippen LogP contribution is 2.19. The molecule has 0 aromatic heterocycles. The van der Waals surface area contributed by atoms with Crippen molar-refractivity contribution in [3.8, 4) is 11.5 Å². The monoisotopic (exact) mass is 460 g/mol. The van der Waals surface area contributed by atoms with E-state index in [0.29, 0.717) is 24.5 Å². The van der Waals surface area contributed by atoms with Crippen LogP contribution in [0.1, 0.15) is 23.6 Å². The van der Waals surface area contributed by atoms with Crippen molar-refractivity contribution in [1.29, 1.82) is 0 Å². The number of amides is 2. The first-order valence-corrected chi connectivity index (χ1v) is 11.4. The van der Waals surface area contributed by atoms with E-state index in [4.69, 9.17) is 9.47 Å². The molecule has 0 aliphatic rings. The van der Waals surface area contributed by atoms with Crippen LogP contribution >= 0.6 is 0 Å². The molecular weight excluding hydrogens is 428 g/mol. The second-order valence-corrected chi connectivity index (χ2v) is 8.08. The molecule has 0 aliphatic heterocycles. The maximum atomic E-state index is 13.5. The van der Waals surface area contributed by atoms with E-state index in [-0.39, 0.29) is 25.0 Å². The largest absolute Gasteiger partial charge is 0.497 e. The lowest BCUT2D eigenvalue weighted by Gasteiger charge is -2.31. The van der Waals surface area contributed by atoms with Crippen LogP contribution in [0.15, 0.2) is 78.9 Å². The summed E-state index contributed by atoms with van der Waals surface area (Å²) in [4.78, 5) is 28.2. The maximum absolute atomic E-state index is 13.5. The molecule has 0 saturated carbocycles. The summed E-state index contributed by atoms with van der Waals surface area (Å²) in [5.74, 6) is 0.848. The molecule has 3 rings (SSSR count). The summed E-state index contributed by atoms with van der Waals surface area (Å²) < 4.78 is 11.2. The molecule has 1 atom stereocenters. The van der Waals surface area contributed by atoms with Crippen LogP contribution in [0.3, 0.4) is 0 Å². The van der Waals surface area contributed by atoms with Crippen molar-refractivity contribution in [2.45, 2.75) is 32.9 Å². The number of benzene rings is 3. The number of rotatable bonds is 11. The van der Waals surface area contributed by atoms with Crippen molar-refractivity contribution >= 4 is 11.8 Å². The third-order valence-corrected chi connectivity index (χ3v) is 5.46. The molecule has 0 unspecified atom stereocenters. The number of nitrogens with zero attached hydrogens (tertiary/aromatic N) is 1. The minimum Gasteiger partial charge on any atom is -0.497 e. The molecule has 3 aromatic carbocycles. The molecule has 178 valence electrons. The Bertz CT molecular complexity index is 1080. The third kappa shape index (κ3) is 7.10. The van der Waals surface area contributed by atoms with Gasteiger partial charge in [-0.15, -0.1) is 0 Å². The van der Waals surface area contributed by atoms with Crippen LogP contribution in [0.2, 0.25) is 0 Å². The number of methoxy groups -OCH3 is 1. The van der Waals surface area contributed by atoms with Crippen molar-refractivity contribution in [3.63, 3.8) is 0 Å². The second kappa shape index (κ2) is 12.4. The Morgan fingerprint density at radius 1 is 0.912 bits per heavy atom. The number of likely N-dealkylation sites (N-methyl/N-ethyl adjacent to an activating group) is 1. The summed E-state index contributed by atoms with van der Waals surface area (Å²) >= 11 is 0. The van der Waals surface area contributed by atoms with E-state index in [1.54, 1.807) is 12.0 Å². The molecule has 0 bridgehead atoms. The van der Waals surface area contributed by atoms with Crippen molar-refractivity contribution in [2.24, 2.45) is 0 Å². The quantitative estimate of drug-likeness (QED) is 0.467. The van der Waals surface area contributed by atoms with E-state index in [2.05, 4.69) is 5.32 Å². The first-order chi connectivity index (χ1) is 16.5. The predicted molar refractivity (Wildman–Crippen MR) is 133 cm³/mol. The number of ether oxygens (including phenoxy) is 2. The maximum Gasteiger partial charge on any atom is 0.261 e. The Morgan fingerprint density at radius 2 is 1.62 bits per heavy atom. The number of hydrogen-bond donors (Lipinski definition) is 1. The SMILES string of the molecule is CCNC(=O)[C@@H](Cc1ccccc1)N(Cc1cccc(OC)c1)C(=O)COc1cccc(C)c1. The lowest BCUT2D eigenvalue weighted by molar-refractivity contribution is -0.142. The molecule has 0 aliphatic carbocycles. The van der Waals surface area contributed by atoms with Gasteiger partial charge in [-0.1, -0.05) is 54.6 Å². The number of aryl methyl sites for hydroxylation is 1. The van der Waals surface area contributed by atoms with Gasteiger partial charge >= 0.3 is 0 Å². The predicted octanol–water partition coefficient (Wildman–Crippen LogP) is 4.16. The first kappa shape index (κ1) is 24.8. The van der Waals surface area contributed by atoms with E-state index in [1.165, 1.54) is 0 Å². The van der Waals surface area contributed by atoms with Gasteiger partial charge in [0.1, 0.15) is 17.5 Å². The summed E-state index contributed by atoms with van der Waals surface area (Å²) in [6, 6.07) is 24.1. The minimum absolute atomic E-state index is 0.169. The van der Waals surface area contributed by atoms with Crippen LogP contribution in [0.25, 0.3) is 0 Å². The van der Waals surface area contributed by atoms with Gasteiger partial charge in [-0.2, -0.15) is 0 Å². The van der Waals surface area contributed by atoms with Gasteiger partial charge in [0.25, 0.3) is 5.91 Å². The molecule has 0 spiro atoms. The zero-order chi connectivity index (χ0) is 24.3. The number of hydrogen-bond acceptors (Lipinski definition) is 4. The summed E-state index contributed by atoms with van der Waals surface area (Å²) in [5, 5.41) is 2.89. The Morgan fingerprint density at radius 3 is 2.32 bits per heavy atom. The van der Waals surface area contributed by atoms with Gasteiger partial charge in [0.05, 0.1) is 7.11 Å². The molecule has 34 heavy (non-hydrogen) atoms. The van der Waals surface area contributed by atoms with Gasteiger partial charge in [0, 0.05) is 19.5 Å². The van der Waals surface area contributed by atoms with Gasteiger partial charge in [-0.3, -0.25) is 9.59 Å². The molecule has 1 N–H and O–H groups in total. The van der Waals surface area contributed by atoms with Crippen molar-refractivity contribution in [3.05, 3.63) is 95.6 Å². The average Bonchev–Trinajstić information content (AvgIpc) is 2.85. The Labute approximate surface area is 201 Å². The molecule has 6 nitrogen and oxygen atoms in total. The minimum atomic E-state index is -0.692. The van der Waals surface area contributed by atoms with Crippen LogP contribution in [0.4, 0.5) is 0 Å². The summed E-state index contributed by atoms with van der Waals surface area (Å²) in [6.07, 6.45) is 0.396. The van der Waals surface area contributed by atoms with Crippen molar-refractivity contribution < 1.29 is 19.1 Å². The number of carbonyl (C=O) groups is 2. The van der Waals surface area contributed by atoms with E-state index in [0.717, 1.165) is 16.7 Å². The van der Waals surface area contributed by atoms with Crippen molar-refractivity contribution in [2.75, 3.05) is 20.3 Å². The molecule has 0 heterocycles. The fourth-order valence-electron chi connectivity index (χ4n) is 3.75. The third-order valence-electron chi connectivity index (χ3n) is 5.46. The topological polar surface area (TPSA) is 67.9 Å². The van der Waals surface area contributed by atoms with Crippen LogP contribution in [-0.4, -0.2) is 43.0 Å². The number of nitrogens with one attached hydrogen (secondary N) is 1. The van der Waals surface area contributed by atoms with Gasteiger partial charge in [0.2, 0.25) is 5.91 Å². The Hall–Kier alpha value is -3.80. The van der Waals surface area contributed by atoms with E-state index in [9.17, 15) is 9.59 Å². The van der Waals surface area contributed by atoms with Gasteiger partial charge in [-0.25, -0.2) is 0 Å².